The van der Waals surface area contributed by atoms with Crippen molar-refractivity contribution in [1.29, 1.82) is 0 Å². The first kappa shape index (κ1) is 23.2. The minimum Gasteiger partial charge on any atom is -0.422 e. The SMILES string of the molecule is O=C(CSc1nc(-c2cc3ccccc3oc2=O)cn1-c1ccc(Cl)cc1Cl)Nc1ccccc1. The highest BCUT2D eigenvalue weighted by atomic mass is 35.5. The number of imidazole rings is 1. The molecule has 0 unspecified atom stereocenters. The predicted molar refractivity (Wildman–Crippen MR) is 141 cm³/mol. The van der Waals surface area contributed by atoms with Crippen molar-refractivity contribution < 1.29 is 9.21 Å². The smallest absolute Gasteiger partial charge is 0.345 e. The zero-order valence-electron chi connectivity index (χ0n) is 18.1. The first-order chi connectivity index (χ1) is 17.0. The van der Waals surface area contributed by atoms with Crippen LogP contribution in [0.1, 0.15) is 0 Å². The van der Waals surface area contributed by atoms with E-state index in [9.17, 15) is 9.59 Å². The molecule has 0 radical (unpaired) electrons. The Labute approximate surface area is 214 Å². The quantitative estimate of drug-likeness (QED) is 0.199. The summed E-state index contributed by atoms with van der Waals surface area (Å²) in [6.45, 7) is 0. The van der Waals surface area contributed by atoms with Crippen molar-refractivity contribution in [3.8, 4) is 16.9 Å². The molecule has 0 spiro atoms. The van der Waals surface area contributed by atoms with Crippen molar-refractivity contribution >= 4 is 57.5 Å². The molecule has 0 saturated carbocycles. The molecule has 9 heteroatoms. The lowest BCUT2D eigenvalue weighted by Crippen LogP contribution is -2.14. The third-order valence-electron chi connectivity index (χ3n) is 5.15. The molecule has 3 aromatic carbocycles. The second kappa shape index (κ2) is 10.00. The van der Waals surface area contributed by atoms with Crippen LogP contribution in [0.15, 0.2) is 99.4 Å². The third kappa shape index (κ3) is 5.12. The fourth-order valence-corrected chi connectivity index (χ4v) is 4.82. The van der Waals surface area contributed by atoms with Gasteiger partial charge in [-0.15, -0.1) is 0 Å². The molecule has 0 atom stereocenters. The number of para-hydroxylation sites is 2. The lowest BCUT2D eigenvalue weighted by Gasteiger charge is -2.10. The number of thioether (sulfide) groups is 1. The average molecular weight is 522 g/mol. The van der Waals surface area contributed by atoms with E-state index < -0.39 is 5.63 Å². The molecule has 5 aromatic rings. The largest absolute Gasteiger partial charge is 0.422 e. The van der Waals surface area contributed by atoms with Gasteiger partial charge in [-0.1, -0.05) is 71.4 Å². The summed E-state index contributed by atoms with van der Waals surface area (Å²) >= 11 is 13.8. The number of benzene rings is 3. The van der Waals surface area contributed by atoms with Crippen LogP contribution in [0, 0.1) is 0 Å². The summed E-state index contributed by atoms with van der Waals surface area (Å²) < 4.78 is 7.23. The van der Waals surface area contributed by atoms with Gasteiger partial charge in [0.15, 0.2) is 5.16 Å². The van der Waals surface area contributed by atoms with E-state index in [1.807, 2.05) is 42.5 Å². The average Bonchev–Trinajstić information content (AvgIpc) is 3.26. The predicted octanol–water partition coefficient (Wildman–Crippen LogP) is 6.68. The molecular weight excluding hydrogens is 505 g/mol. The number of fused-ring (bicyclic) bond motifs is 1. The van der Waals surface area contributed by atoms with Crippen LogP contribution in [0.25, 0.3) is 27.9 Å². The maximum Gasteiger partial charge on any atom is 0.345 e. The van der Waals surface area contributed by atoms with Gasteiger partial charge >= 0.3 is 5.63 Å². The number of nitrogens with zero attached hydrogens (tertiary/aromatic N) is 2. The zero-order chi connectivity index (χ0) is 24.4. The van der Waals surface area contributed by atoms with Gasteiger partial charge < -0.3 is 9.73 Å². The van der Waals surface area contributed by atoms with Crippen LogP contribution in [0.2, 0.25) is 10.0 Å². The number of halogens is 2. The van der Waals surface area contributed by atoms with Crippen LogP contribution >= 0.6 is 35.0 Å². The number of hydrogen-bond acceptors (Lipinski definition) is 5. The number of carbonyl (C=O) groups excluding carboxylic acids is 1. The lowest BCUT2D eigenvalue weighted by atomic mass is 10.1. The van der Waals surface area contributed by atoms with Crippen LogP contribution in [-0.4, -0.2) is 21.2 Å². The molecule has 0 aliphatic heterocycles. The first-order valence-electron chi connectivity index (χ1n) is 10.5. The van der Waals surface area contributed by atoms with Gasteiger partial charge in [0.1, 0.15) is 5.58 Å². The van der Waals surface area contributed by atoms with Gasteiger partial charge in [-0.2, -0.15) is 0 Å². The van der Waals surface area contributed by atoms with Crippen molar-refractivity contribution in [1.82, 2.24) is 9.55 Å². The number of anilines is 1. The van der Waals surface area contributed by atoms with E-state index in [4.69, 9.17) is 27.6 Å². The number of carbonyl (C=O) groups is 1. The van der Waals surface area contributed by atoms with E-state index in [0.717, 1.165) is 5.39 Å². The van der Waals surface area contributed by atoms with Crippen LogP contribution in [0.4, 0.5) is 5.69 Å². The van der Waals surface area contributed by atoms with E-state index in [1.54, 1.807) is 47.2 Å². The molecule has 1 amide bonds. The summed E-state index contributed by atoms with van der Waals surface area (Å²) in [5.41, 5.74) is 2.02. The summed E-state index contributed by atoms with van der Waals surface area (Å²) in [6, 6.07) is 23.3. The fraction of sp³-hybridized carbons (Fsp3) is 0.0385. The van der Waals surface area contributed by atoms with E-state index >= 15 is 0 Å². The molecule has 2 heterocycles. The molecule has 0 bridgehead atoms. The van der Waals surface area contributed by atoms with Crippen LogP contribution < -0.4 is 10.9 Å². The number of nitrogens with one attached hydrogen (secondary N) is 1. The highest BCUT2D eigenvalue weighted by molar-refractivity contribution is 7.99. The number of hydrogen-bond donors (Lipinski definition) is 1. The Morgan fingerprint density at radius 2 is 1.77 bits per heavy atom. The van der Waals surface area contributed by atoms with Crippen LogP contribution in [0.3, 0.4) is 0 Å². The maximum atomic E-state index is 12.7. The molecule has 0 fully saturated rings. The standard InChI is InChI=1S/C26H17Cl2N3O3S/c27-17-10-11-22(20(28)13-17)31-14-21(19-12-16-6-4-5-9-23(16)34-25(19)33)30-26(31)35-15-24(32)29-18-7-2-1-3-8-18/h1-14H,15H2,(H,29,32). The first-order valence-corrected chi connectivity index (χ1v) is 12.3. The van der Waals surface area contributed by atoms with Gasteiger partial charge in [-0.3, -0.25) is 9.36 Å². The van der Waals surface area contributed by atoms with Crippen LogP contribution in [-0.2, 0) is 4.79 Å². The maximum absolute atomic E-state index is 12.7. The minimum absolute atomic E-state index is 0.100. The van der Waals surface area contributed by atoms with Gasteiger partial charge in [-0.25, -0.2) is 9.78 Å². The van der Waals surface area contributed by atoms with E-state index in [-0.39, 0.29) is 11.7 Å². The lowest BCUT2D eigenvalue weighted by molar-refractivity contribution is -0.113. The number of amides is 1. The van der Waals surface area contributed by atoms with Crippen molar-refractivity contribution in [2.75, 3.05) is 11.1 Å². The molecule has 0 saturated heterocycles. The Balaban J connectivity index is 1.52. The van der Waals surface area contributed by atoms with Crippen molar-refractivity contribution in [3.63, 3.8) is 0 Å². The molecule has 1 N–H and O–H groups in total. The Hall–Kier alpha value is -3.52. The zero-order valence-corrected chi connectivity index (χ0v) is 20.4. The Morgan fingerprint density at radius 3 is 2.57 bits per heavy atom. The summed E-state index contributed by atoms with van der Waals surface area (Å²) in [5, 5.41) is 5.01. The molecule has 174 valence electrons. The van der Waals surface area contributed by atoms with Gasteiger partial charge in [0, 0.05) is 22.3 Å². The summed E-state index contributed by atoms with van der Waals surface area (Å²) in [4.78, 5) is 29.9. The van der Waals surface area contributed by atoms with Crippen molar-refractivity contribution in [3.05, 3.63) is 106 Å². The normalized spacial score (nSPS) is 11.0. The summed E-state index contributed by atoms with van der Waals surface area (Å²) in [7, 11) is 0. The van der Waals surface area contributed by atoms with Crippen molar-refractivity contribution in [2.45, 2.75) is 5.16 Å². The third-order valence-corrected chi connectivity index (χ3v) is 6.64. The topological polar surface area (TPSA) is 77.1 Å². The summed E-state index contributed by atoms with van der Waals surface area (Å²) in [5.74, 6) is -0.0900. The Morgan fingerprint density at radius 1 is 1.00 bits per heavy atom. The van der Waals surface area contributed by atoms with Gasteiger partial charge in [0.25, 0.3) is 0 Å². The van der Waals surface area contributed by atoms with E-state index in [1.165, 1.54) is 11.8 Å². The molecule has 2 aromatic heterocycles. The summed E-state index contributed by atoms with van der Waals surface area (Å²) in [6.07, 6.45) is 1.70. The second-order valence-electron chi connectivity index (χ2n) is 7.56. The van der Waals surface area contributed by atoms with Gasteiger partial charge in [0.05, 0.1) is 27.7 Å². The molecule has 6 nitrogen and oxygen atoms in total. The van der Waals surface area contributed by atoms with E-state index in [2.05, 4.69) is 10.3 Å². The van der Waals surface area contributed by atoms with E-state index in [0.29, 0.717) is 43.4 Å². The van der Waals surface area contributed by atoms with Crippen LogP contribution in [0.5, 0.6) is 0 Å². The Bertz CT molecular complexity index is 1600. The number of rotatable bonds is 6. The highest BCUT2D eigenvalue weighted by Gasteiger charge is 2.18. The Kier molecular flexibility index (Phi) is 6.63. The van der Waals surface area contributed by atoms with Gasteiger partial charge in [-0.05, 0) is 42.5 Å². The van der Waals surface area contributed by atoms with Gasteiger partial charge in [0.2, 0.25) is 5.91 Å². The molecule has 35 heavy (non-hydrogen) atoms. The molecule has 5 rings (SSSR count). The fourth-order valence-electron chi connectivity index (χ4n) is 3.53. The molecular formula is C26H17Cl2N3O3S. The second-order valence-corrected chi connectivity index (χ2v) is 9.35. The monoisotopic (exact) mass is 521 g/mol. The number of aromatic nitrogens is 2. The van der Waals surface area contributed by atoms with Crippen molar-refractivity contribution in [2.24, 2.45) is 0 Å². The minimum atomic E-state index is -0.506. The highest BCUT2D eigenvalue weighted by Crippen LogP contribution is 2.32. The molecule has 0 aliphatic carbocycles. The molecule has 0 aliphatic rings.